The van der Waals surface area contributed by atoms with Crippen LogP contribution in [0.15, 0.2) is 29.6 Å². The number of nitrogens with zero attached hydrogens (tertiary/aromatic N) is 2. The largest absolute Gasteiger partial charge is 0.338 e. The van der Waals surface area contributed by atoms with E-state index in [4.69, 9.17) is 0 Å². The lowest BCUT2D eigenvalue weighted by molar-refractivity contribution is 0.0782. The Morgan fingerprint density at radius 1 is 1.32 bits per heavy atom. The Morgan fingerprint density at radius 3 is 2.77 bits per heavy atom. The number of carbonyl (C=O) groups is 1. The molecule has 0 radical (unpaired) electrons. The van der Waals surface area contributed by atoms with Crippen LogP contribution < -0.4 is 5.32 Å². The van der Waals surface area contributed by atoms with Crippen LogP contribution in [0.25, 0.3) is 11.3 Å². The number of carbonyl (C=O) groups excluding carboxylic acids is 1. The first kappa shape index (κ1) is 13.9. The number of rotatable bonds is 2. The van der Waals surface area contributed by atoms with Crippen molar-refractivity contribution in [2.24, 2.45) is 11.8 Å². The van der Waals surface area contributed by atoms with E-state index in [0.29, 0.717) is 11.8 Å². The lowest BCUT2D eigenvalue weighted by Crippen LogP contribution is -2.31. The van der Waals surface area contributed by atoms with E-state index in [1.807, 2.05) is 41.5 Å². The molecular weight excluding hydrogens is 294 g/mol. The zero-order valence-electron chi connectivity index (χ0n) is 12.6. The summed E-state index contributed by atoms with van der Waals surface area (Å²) in [6, 6.07) is 7.87. The predicted molar refractivity (Wildman–Crippen MR) is 88.0 cm³/mol. The summed E-state index contributed by atoms with van der Waals surface area (Å²) in [5.74, 6) is 1.42. The van der Waals surface area contributed by atoms with Crippen LogP contribution in [0.2, 0.25) is 0 Å². The first-order valence-corrected chi connectivity index (χ1v) is 8.61. The smallest absolute Gasteiger partial charge is 0.253 e. The molecule has 0 saturated carbocycles. The summed E-state index contributed by atoms with van der Waals surface area (Å²) in [5, 5.41) is 6.51. The molecule has 0 spiro atoms. The number of nitrogens with one attached hydrogen (secondary N) is 1. The van der Waals surface area contributed by atoms with E-state index in [-0.39, 0.29) is 5.91 Å². The maximum atomic E-state index is 12.8. The summed E-state index contributed by atoms with van der Waals surface area (Å²) in [6.07, 6.45) is 0. The van der Waals surface area contributed by atoms with E-state index < -0.39 is 0 Å². The molecule has 2 aliphatic heterocycles. The Morgan fingerprint density at radius 2 is 2.09 bits per heavy atom. The third kappa shape index (κ3) is 2.44. The number of benzene rings is 1. The van der Waals surface area contributed by atoms with Crippen molar-refractivity contribution in [3.63, 3.8) is 0 Å². The molecule has 0 unspecified atom stereocenters. The van der Waals surface area contributed by atoms with Crippen molar-refractivity contribution in [3.05, 3.63) is 40.2 Å². The maximum Gasteiger partial charge on any atom is 0.253 e. The Kier molecular flexibility index (Phi) is 3.47. The van der Waals surface area contributed by atoms with Gasteiger partial charge in [-0.2, -0.15) is 0 Å². The van der Waals surface area contributed by atoms with Gasteiger partial charge in [-0.3, -0.25) is 4.79 Å². The quantitative estimate of drug-likeness (QED) is 0.926. The van der Waals surface area contributed by atoms with Gasteiger partial charge >= 0.3 is 0 Å². The lowest BCUT2D eigenvalue weighted by atomic mass is 10.0. The number of likely N-dealkylation sites (tertiary alicyclic amines) is 1. The van der Waals surface area contributed by atoms with Crippen molar-refractivity contribution in [2.45, 2.75) is 6.92 Å². The van der Waals surface area contributed by atoms with Gasteiger partial charge in [-0.05, 0) is 30.9 Å². The van der Waals surface area contributed by atoms with Gasteiger partial charge < -0.3 is 10.2 Å². The van der Waals surface area contributed by atoms with E-state index in [1.165, 1.54) is 0 Å². The predicted octanol–water partition coefficient (Wildman–Crippen LogP) is 2.41. The van der Waals surface area contributed by atoms with E-state index in [1.54, 1.807) is 11.3 Å². The van der Waals surface area contributed by atoms with Crippen LogP contribution >= 0.6 is 11.3 Å². The molecule has 22 heavy (non-hydrogen) atoms. The highest BCUT2D eigenvalue weighted by Crippen LogP contribution is 2.28. The zero-order chi connectivity index (χ0) is 15.1. The molecule has 1 N–H and O–H groups in total. The molecule has 4 rings (SSSR count). The van der Waals surface area contributed by atoms with Crippen LogP contribution in [0.1, 0.15) is 15.4 Å². The van der Waals surface area contributed by atoms with Crippen LogP contribution in [0.3, 0.4) is 0 Å². The molecule has 1 amide bonds. The van der Waals surface area contributed by atoms with E-state index in [0.717, 1.165) is 48.0 Å². The summed E-state index contributed by atoms with van der Waals surface area (Å²) in [7, 11) is 0. The normalized spacial score (nSPS) is 23.8. The molecular formula is C17H19N3OS. The lowest BCUT2D eigenvalue weighted by Gasteiger charge is -2.17. The van der Waals surface area contributed by atoms with Crippen molar-refractivity contribution < 1.29 is 4.79 Å². The fourth-order valence-corrected chi connectivity index (χ4v) is 4.13. The maximum absolute atomic E-state index is 12.8. The Hall–Kier alpha value is -1.72. The molecule has 3 heterocycles. The monoisotopic (exact) mass is 313 g/mol. The van der Waals surface area contributed by atoms with Gasteiger partial charge in [0.15, 0.2) is 0 Å². The second-order valence-corrected chi connectivity index (χ2v) is 7.28. The van der Waals surface area contributed by atoms with Crippen LogP contribution in [-0.2, 0) is 0 Å². The van der Waals surface area contributed by atoms with Crippen LogP contribution in [0, 0.1) is 18.8 Å². The minimum Gasteiger partial charge on any atom is -0.338 e. The highest BCUT2D eigenvalue weighted by molar-refractivity contribution is 7.09. The summed E-state index contributed by atoms with van der Waals surface area (Å²) >= 11 is 1.64. The van der Waals surface area contributed by atoms with Gasteiger partial charge in [0.05, 0.1) is 10.7 Å². The van der Waals surface area contributed by atoms with Gasteiger partial charge in [0.25, 0.3) is 5.91 Å². The van der Waals surface area contributed by atoms with Gasteiger partial charge in [-0.25, -0.2) is 4.98 Å². The molecule has 5 heteroatoms. The standard InChI is InChI=1S/C17H19N3OS/c1-11-19-16(10-22-11)12-3-2-4-13(5-12)17(21)20-8-14-6-18-7-15(14)9-20/h2-5,10,14-15,18H,6-9H2,1H3/t14-,15+. The van der Waals surface area contributed by atoms with Crippen molar-refractivity contribution in [2.75, 3.05) is 26.2 Å². The molecule has 0 aliphatic carbocycles. The van der Waals surface area contributed by atoms with E-state index in [9.17, 15) is 4.79 Å². The Bertz CT molecular complexity index is 699. The highest BCUT2D eigenvalue weighted by Gasteiger charge is 2.38. The molecule has 4 nitrogen and oxygen atoms in total. The average Bonchev–Trinajstić information content (AvgIpc) is 3.21. The summed E-state index contributed by atoms with van der Waals surface area (Å²) < 4.78 is 0. The number of amides is 1. The van der Waals surface area contributed by atoms with Crippen LogP contribution in [-0.4, -0.2) is 42.0 Å². The first-order chi connectivity index (χ1) is 10.7. The third-order valence-corrected chi connectivity index (χ3v) is 5.47. The van der Waals surface area contributed by atoms with Crippen molar-refractivity contribution in [1.82, 2.24) is 15.2 Å². The number of aryl methyl sites for hydroxylation is 1. The molecule has 2 fully saturated rings. The first-order valence-electron chi connectivity index (χ1n) is 7.73. The second-order valence-electron chi connectivity index (χ2n) is 6.22. The zero-order valence-corrected chi connectivity index (χ0v) is 13.4. The van der Waals surface area contributed by atoms with Crippen LogP contribution in [0.5, 0.6) is 0 Å². The SMILES string of the molecule is Cc1nc(-c2cccc(C(=O)N3C[C@H]4CNC[C@H]4C3)c2)cs1. The number of hydrogen-bond donors (Lipinski definition) is 1. The average molecular weight is 313 g/mol. The van der Waals surface area contributed by atoms with Crippen LogP contribution in [0.4, 0.5) is 0 Å². The molecule has 2 aromatic rings. The Balaban J connectivity index is 1.56. The summed E-state index contributed by atoms with van der Waals surface area (Å²) in [6.45, 7) is 5.87. The van der Waals surface area contributed by atoms with Crippen molar-refractivity contribution in [1.29, 1.82) is 0 Å². The molecule has 1 aromatic heterocycles. The van der Waals surface area contributed by atoms with E-state index in [2.05, 4.69) is 10.3 Å². The molecule has 2 aliphatic rings. The second kappa shape index (κ2) is 5.48. The molecule has 2 atom stereocenters. The fourth-order valence-electron chi connectivity index (χ4n) is 3.51. The van der Waals surface area contributed by atoms with Gasteiger partial charge in [-0.15, -0.1) is 11.3 Å². The molecule has 1 aromatic carbocycles. The number of thiazole rings is 1. The molecule has 0 bridgehead atoms. The third-order valence-electron chi connectivity index (χ3n) is 4.70. The Labute approximate surface area is 134 Å². The fraction of sp³-hybridized carbons (Fsp3) is 0.412. The van der Waals surface area contributed by atoms with Gasteiger partial charge in [0.1, 0.15) is 0 Å². The minimum absolute atomic E-state index is 0.156. The molecule has 2 saturated heterocycles. The summed E-state index contributed by atoms with van der Waals surface area (Å²) in [4.78, 5) is 19.3. The summed E-state index contributed by atoms with van der Waals surface area (Å²) in [5.41, 5.74) is 2.76. The highest BCUT2D eigenvalue weighted by atomic mass is 32.1. The van der Waals surface area contributed by atoms with Gasteiger partial charge in [0, 0.05) is 42.7 Å². The van der Waals surface area contributed by atoms with E-state index >= 15 is 0 Å². The minimum atomic E-state index is 0.156. The molecule has 114 valence electrons. The topological polar surface area (TPSA) is 45.2 Å². The number of fused-ring (bicyclic) bond motifs is 1. The van der Waals surface area contributed by atoms with Gasteiger partial charge in [0.2, 0.25) is 0 Å². The number of aromatic nitrogens is 1. The van der Waals surface area contributed by atoms with Crippen molar-refractivity contribution in [3.8, 4) is 11.3 Å². The van der Waals surface area contributed by atoms with Crippen molar-refractivity contribution >= 4 is 17.2 Å². The van der Waals surface area contributed by atoms with Gasteiger partial charge in [-0.1, -0.05) is 12.1 Å². The number of hydrogen-bond acceptors (Lipinski definition) is 4.